The van der Waals surface area contributed by atoms with Gasteiger partial charge in [-0.3, -0.25) is 0 Å². The van der Waals surface area contributed by atoms with Crippen molar-refractivity contribution in [3.05, 3.63) is 115 Å². The SMILES string of the molecule is CC1(O)CC(C)(c2ccc(-c3nc4c(-c5cncnc5)c(-c5ccccc5)nn4cc3-c3ccccc3)cc2)C1. The summed E-state index contributed by atoms with van der Waals surface area (Å²) >= 11 is 0. The van der Waals surface area contributed by atoms with Crippen molar-refractivity contribution in [2.75, 3.05) is 0 Å². The van der Waals surface area contributed by atoms with E-state index in [4.69, 9.17) is 10.1 Å². The van der Waals surface area contributed by atoms with E-state index in [1.54, 1.807) is 0 Å². The first kappa shape index (κ1) is 24.4. The third-order valence-corrected chi connectivity index (χ3v) is 7.99. The summed E-state index contributed by atoms with van der Waals surface area (Å²) in [5.41, 5.74) is 8.95. The molecule has 0 bridgehead atoms. The van der Waals surface area contributed by atoms with Gasteiger partial charge in [0.05, 0.1) is 16.9 Å². The van der Waals surface area contributed by atoms with Gasteiger partial charge >= 0.3 is 0 Å². The van der Waals surface area contributed by atoms with Crippen molar-refractivity contribution in [3.8, 4) is 44.8 Å². The highest BCUT2D eigenvalue weighted by atomic mass is 16.3. The van der Waals surface area contributed by atoms with Gasteiger partial charge in [0.15, 0.2) is 5.65 Å². The molecule has 7 rings (SSSR count). The molecule has 0 aliphatic heterocycles. The molecule has 40 heavy (non-hydrogen) atoms. The summed E-state index contributed by atoms with van der Waals surface area (Å²) < 4.78 is 1.88. The van der Waals surface area contributed by atoms with Gasteiger partial charge in [0, 0.05) is 40.8 Å². The molecule has 1 aliphatic carbocycles. The van der Waals surface area contributed by atoms with E-state index in [1.165, 1.54) is 11.9 Å². The lowest BCUT2D eigenvalue weighted by Gasteiger charge is -2.50. The largest absolute Gasteiger partial charge is 0.390 e. The van der Waals surface area contributed by atoms with E-state index in [0.29, 0.717) is 0 Å². The van der Waals surface area contributed by atoms with E-state index in [2.05, 4.69) is 71.6 Å². The minimum Gasteiger partial charge on any atom is -0.390 e. The van der Waals surface area contributed by atoms with Crippen molar-refractivity contribution >= 4 is 5.65 Å². The molecule has 3 heterocycles. The standard InChI is InChI=1S/C34H29N5O/c1-33(20-34(2,40)21-33)27-15-13-25(14-16-27)30-28(23-9-5-3-6-10-23)19-39-32(37-30)29(26-17-35-22-36-18-26)31(38-39)24-11-7-4-8-12-24/h3-19,22,40H,20-21H2,1-2H3. The topological polar surface area (TPSA) is 76.2 Å². The van der Waals surface area contributed by atoms with Gasteiger partial charge in [-0.05, 0) is 36.3 Å². The molecule has 0 amide bonds. The lowest BCUT2D eigenvalue weighted by atomic mass is 9.58. The number of aromatic nitrogens is 5. The van der Waals surface area contributed by atoms with Crippen LogP contribution in [0.15, 0.2) is 110 Å². The smallest absolute Gasteiger partial charge is 0.164 e. The van der Waals surface area contributed by atoms with Gasteiger partial charge in [-0.2, -0.15) is 5.10 Å². The van der Waals surface area contributed by atoms with E-state index < -0.39 is 5.60 Å². The Morgan fingerprint density at radius 1 is 0.700 bits per heavy atom. The monoisotopic (exact) mass is 523 g/mol. The molecule has 6 aromatic rings. The summed E-state index contributed by atoms with van der Waals surface area (Å²) in [4.78, 5) is 13.9. The Morgan fingerprint density at radius 2 is 1.30 bits per heavy atom. The van der Waals surface area contributed by atoms with Crippen LogP contribution in [0, 0.1) is 0 Å². The Bertz CT molecular complexity index is 1800. The number of benzene rings is 3. The molecule has 1 saturated carbocycles. The summed E-state index contributed by atoms with van der Waals surface area (Å²) in [6.45, 7) is 4.14. The molecular weight excluding hydrogens is 494 g/mol. The van der Waals surface area contributed by atoms with Crippen LogP contribution in [0.4, 0.5) is 0 Å². The normalized spacial score (nSPS) is 20.4. The zero-order chi connectivity index (χ0) is 27.3. The van der Waals surface area contributed by atoms with Crippen molar-refractivity contribution in [2.45, 2.75) is 37.7 Å². The molecule has 196 valence electrons. The number of hydrogen-bond donors (Lipinski definition) is 1. The Morgan fingerprint density at radius 3 is 1.93 bits per heavy atom. The summed E-state index contributed by atoms with van der Waals surface area (Å²) in [5.74, 6) is 0. The number of fused-ring (bicyclic) bond motifs is 1. The predicted molar refractivity (Wildman–Crippen MR) is 158 cm³/mol. The molecular formula is C34H29N5O. The third-order valence-electron chi connectivity index (χ3n) is 7.99. The fraction of sp³-hybridized carbons (Fsp3) is 0.176. The van der Waals surface area contributed by atoms with E-state index in [1.807, 2.05) is 60.2 Å². The summed E-state index contributed by atoms with van der Waals surface area (Å²) in [7, 11) is 0. The third kappa shape index (κ3) is 4.17. The fourth-order valence-electron chi connectivity index (χ4n) is 6.38. The molecule has 1 aliphatic rings. The zero-order valence-corrected chi connectivity index (χ0v) is 22.5. The molecule has 0 atom stereocenters. The fourth-order valence-corrected chi connectivity index (χ4v) is 6.38. The second kappa shape index (κ2) is 9.21. The minimum atomic E-state index is -0.587. The van der Waals surface area contributed by atoms with Crippen LogP contribution < -0.4 is 0 Å². The van der Waals surface area contributed by atoms with E-state index >= 15 is 0 Å². The first-order valence-electron chi connectivity index (χ1n) is 13.5. The number of aliphatic hydroxyl groups is 1. The van der Waals surface area contributed by atoms with Crippen LogP contribution in [0.3, 0.4) is 0 Å². The van der Waals surface area contributed by atoms with Crippen LogP contribution in [0.1, 0.15) is 32.3 Å². The molecule has 1 fully saturated rings. The van der Waals surface area contributed by atoms with Crippen molar-refractivity contribution in [3.63, 3.8) is 0 Å². The highest BCUT2D eigenvalue weighted by Gasteiger charge is 2.48. The van der Waals surface area contributed by atoms with Crippen LogP contribution in [0.25, 0.3) is 50.4 Å². The van der Waals surface area contributed by atoms with Gasteiger partial charge in [0.25, 0.3) is 0 Å². The van der Waals surface area contributed by atoms with Gasteiger partial charge < -0.3 is 5.11 Å². The molecule has 6 heteroatoms. The molecule has 0 spiro atoms. The maximum absolute atomic E-state index is 10.4. The first-order valence-corrected chi connectivity index (χ1v) is 13.5. The van der Waals surface area contributed by atoms with Gasteiger partial charge in [-0.1, -0.05) is 91.9 Å². The predicted octanol–water partition coefficient (Wildman–Crippen LogP) is 6.99. The molecule has 0 radical (unpaired) electrons. The van der Waals surface area contributed by atoms with Crippen molar-refractivity contribution in [1.82, 2.24) is 24.6 Å². The van der Waals surface area contributed by atoms with Crippen molar-refractivity contribution < 1.29 is 5.11 Å². The Labute approximate surface area is 233 Å². The average Bonchev–Trinajstić information content (AvgIpc) is 3.35. The van der Waals surface area contributed by atoms with Gasteiger partial charge in [-0.15, -0.1) is 0 Å². The number of hydrogen-bond acceptors (Lipinski definition) is 5. The molecule has 6 nitrogen and oxygen atoms in total. The summed E-state index contributed by atoms with van der Waals surface area (Å²) in [6, 6.07) is 29.1. The second-order valence-corrected chi connectivity index (χ2v) is 11.3. The quantitative estimate of drug-likeness (QED) is 0.264. The van der Waals surface area contributed by atoms with Crippen molar-refractivity contribution in [1.29, 1.82) is 0 Å². The molecule has 0 saturated heterocycles. The Hall–Kier alpha value is -4.68. The number of nitrogens with zero attached hydrogens (tertiary/aromatic N) is 5. The zero-order valence-electron chi connectivity index (χ0n) is 22.5. The Balaban J connectivity index is 1.45. The highest BCUT2D eigenvalue weighted by molar-refractivity contribution is 5.92. The van der Waals surface area contributed by atoms with Crippen LogP contribution in [0.2, 0.25) is 0 Å². The van der Waals surface area contributed by atoms with Crippen LogP contribution in [-0.4, -0.2) is 35.3 Å². The summed E-state index contributed by atoms with van der Waals surface area (Å²) in [6.07, 6.45) is 8.76. The lowest BCUT2D eigenvalue weighted by molar-refractivity contribution is -0.0691. The van der Waals surface area contributed by atoms with E-state index in [9.17, 15) is 5.11 Å². The summed E-state index contributed by atoms with van der Waals surface area (Å²) in [5, 5.41) is 15.4. The average molecular weight is 524 g/mol. The first-order chi connectivity index (χ1) is 19.4. The second-order valence-electron chi connectivity index (χ2n) is 11.3. The minimum absolute atomic E-state index is 0.0157. The van der Waals surface area contributed by atoms with Gasteiger partial charge in [0.1, 0.15) is 12.0 Å². The molecule has 0 unspecified atom stereocenters. The van der Waals surface area contributed by atoms with E-state index in [0.717, 1.165) is 63.3 Å². The highest BCUT2D eigenvalue weighted by Crippen LogP contribution is 2.50. The molecule has 3 aromatic heterocycles. The number of rotatable bonds is 5. The van der Waals surface area contributed by atoms with Crippen LogP contribution >= 0.6 is 0 Å². The lowest BCUT2D eigenvalue weighted by Crippen LogP contribution is -2.50. The van der Waals surface area contributed by atoms with Crippen LogP contribution in [-0.2, 0) is 5.41 Å². The van der Waals surface area contributed by atoms with Gasteiger partial charge in [-0.25, -0.2) is 19.5 Å². The van der Waals surface area contributed by atoms with Crippen LogP contribution in [0.5, 0.6) is 0 Å². The molecule has 3 aromatic carbocycles. The van der Waals surface area contributed by atoms with Crippen molar-refractivity contribution in [2.24, 2.45) is 0 Å². The maximum atomic E-state index is 10.4. The molecule has 1 N–H and O–H groups in total. The maximum Gasteiger partial charge on any atom is 0.164 e. The van der Waals surface area contributed by atoms with Gasteiger partial charge in [0.2, 0.25) is 0 Å². The Kier molecular flexibility index (Phi) is 5.61. The van der Waals surface area contributed by atoms with E-state index in [-0.39, 0.29) is 5.41 Å².